The van der Waals surface area contributed by atoms with Crippen LogP contribution in [-0.4, -0.2) is 26.6 Å². The maximum atomic E-state index is 5.24. The van der Waals surface area contributed by atoms with Crippen molar-refractivity contribution in [2.45, 2.75) is 0 Å². The maximum Gasteiger partial charge on any atom is 0.149 e. The number of benzene rings is 2. The molecule has 21 heavy (non-hydrogen) atoms. The molecule has 0 unspecified atom stereocenters. The Kier molecular flexibility index (Phi) is 2.57. The third-order valence-electron chi connectivity index (χ3n) is 3.50. The van der Waals surface area contributed by atoms with Crippen molar-refractivity contribution in [1.82, 2.24) is 19.5 Å². The molecule has 2 heterocycles. The van der Waals surface area contributed by atoms with Crippen molar-refractivity contribution in [3.63, 3.8) is 0 Å². The molecule has 0 N–H and O–H groups in total. The largest absolute Gasteiger partial charge is 0.497 e. The number of methoxy groups -OCH3 is 1. The van der Waals surface area contributed by atoms with Crippen molar-refractivity contribution in [2.24, 2.45) is 0 Å². The minimum atomic E-state index is 0.780. The molecule has 2 aromatic carbocycles. The molecular formula is C16H12N4O. The second kappa shape index (κ2) is 4.56. The summed E-state index contributed by atoms with van der Waals surface area (Å²) in [7, 11) is 1.65. The molecule has 0 aliphatic rings. The summed E-state index contributed by atoms with van der Waals surface area (Å²) in [5, 5.41) is 0.960. The quantitative estimate of drug-likeness (QED) is 0.565. The molecule has 0 fully saturated rings. The first-order valence-corrected chi connectivity index (χ1v) is 6.58. The molecule has 0 radical (unpaired) electrons. The van der Waals surface area contributed by atoms with Crippen molar-refractivity contribution in [3.8, 4) is 11.6 Å². The topological polar surface area (TPSA) is 52.8 Å². The first-order chi connectivity index (χ1) is 10.4. The first-order valence-electron chi connectivity index (χ1n) is 6.58. The minimum Gasteiger partial charge on any atom is -0.497 e. The summed E-state index contributed by atoms with van der Waals surface area (Å²) in [5.74, 6) is 1.60. The van der Waals surface area contributed by atoms with Crippen LogP contribution in [0.2, 0.25) is 0 Å². The molecule has 102 valence electrons. The molecule has 5 heteroatoms. The van der Waals surface area contributed by atoms with Gasteiger partial charge < -0.3 is 4.74 Å². The number of aromatic nitrogens is 4. The van der Waals surface area contributed by atoms with Crippen LogP contribution in [0.15, 0.2) is 55.1 Å². The molecule has 0 bridgehead atoms. The number of imidazole rings is 1. The molecule has 0 aliphatic heterocycles. The van der Waals surface area contributed by atoms with Crippen LogP contribution < -0.4 is 4.74 Å². The summed E-state index contributed by atoms with van der Waals surface area (Å²) in [6, 6.07) is 13.8. The van der Waals surface area contributed by atoms with E-state index in [0.29, 0.717) is 0 Å². The van der Waals surface area contributed by atoms with Crippen molar-refractivity contribution in [2.75, 3.05) is 7.11 Å². The monoisotopic (exact) mass is 276 g/mol. The Morgan fingerprint density at radius 2 is 1.86 bits per heavy atom. The second-order valence-electron chi connectivity index (χ2n) is 4.68. The Bertz CT molecular complexity index is 945. The summed E-state index contributed by atoms with van der Waals surface area (Å²) in [4.78, 5) is 13.2. The third kappa shape index (κ3) is 1.82. The number of hydrogen-bond donors (Lipinski definition) is 0. The first kappa shape index (κ1) is 11.8. The lowest BCUT2D eigenvalue weighted by atomic mass is 10.2. The Hall–Kier alpha value is -2.95. The van der Waals surface area contributed by atoms with Gasteiger partial charge in [0.2, 0.25) is 0 Å². The van der Waals surface area contributed by atoms with Gasteiger partial charge in [0.25, 0.3) is 0 Å². The molecule has 5 nitrogen and oxygen atoms in total. The molecular weight excluding hydrogens is 264 g/mol. The van der Waals surface area contributed by atoms with Gasteiger partial charge >= 0.3 is 0 Å². The normalized spacial score (nSPS) is 11.1. The van der Waals surface area contributed by atoms with Gasteiger partial charge in [-0.1, -0.05) is 12.1 Å². The lowest BCUT2D eigenvalue weighted by Gasteiger charge is -2.08. The summed E-state index contributed by atoms with van der Waals surface area (Å²) >= 11 is 0. The van der Waals surface area contributed by atoms with Gasteiger partial charge in [0.1, 0.15) is 24.2 Å². The summed E-state index contributed by atoms with van der Waals surface area (Å²) in [5.41, 5.74) is 2.81. The van der Waals surface area contributed by atoms with E-state index in [9.17, 15) is 0 Å². The van der Waals surface area contributed by atoms with Crippen LogP contribution in [-0.2, 0) is 0 Å². The highest BCUT2D eigenvalue weighted by atomic mass is 16.5. The highest BCUT2D eigenvalue weighted by Gasteiger charge is 2.10. The summed E-state index contributed by atoms with van der Waals surface area (Å²) in [6.07, 6.45) is 3.35. The van der Waals surface area contributed by atoms with E-state index < -0.39 is 0 Å². The number of nitrogens with zero attached hydrogens (tertiary/aromatic N) is 4. The van der Waals surface area contributed by atoms with E-state index in [1.807, 2.05) is 47.0 Å². The Morgan fingerprint density at radius 3 is 2.76 bits per heavy atom. The summed E-state index contributed by atoms with van der Waals surface area (Å²) < 4.78 is 7.22. The fourth-order valence-electron chi connectivity index (χ4n) is 2.47. The van der Waals surface area contributed by atoms with Gasteiger partial charge in [-0.25, -0.2) is 15.0 Å². The molecule has 0 spiro atoms. The number of fused-ring (bicyclic) bond motifs is 2. The molecule has 0 saturated heterocycles. The van der Waals surface area contributed by atoms with Crippen LogP contribution in [0.1, 0.15) is 0 Å². The van der Waals surface area contributed by atoms with Crippen LogP contribution >= 0.6 is 0 Å². The van der Waals surface area contributed by atoms with Gasteiger partial charge in [0.05, 0.1) is 23.7 Å². The van der Waals surface area contributed by atoms with E-state index in [-0.39, 0.29) is 0 Å². The fourth-order valence-corrected chi connectivity index (χ4v) is 2.47. The van der Waals surface area contributed by atoms with Crippen molar-refractivity contribution in [3.05, 3.63) is 55.1 Å². The van der Waals surface area contributed by atoms with Gasteiger partial charge in [-0.05, 0) is 24.3 Å². The number of hydrogen-bond acceptors (Lipinski definition) is 4. The van der Waals surface area contributed by atoms with Crippen LogP contribution in [0.5, 0.6) is 5.75 Å². The number of ether oxygens (including phenoxy) is 1. The predicted octanol–water partition coefficient (Wildman–Crippen LogP) is 2.98. The average Bonchev–Trinajstić information content (AvgIpc) is 2.97. The second-order valence-corrected chi connectivity index (χ2v) is 4.68. The van der Waals surface area contributed by atoms with E-state index in [0.717, 1.165) is 33.5 Å². The molecule has 0 aliphatic carbocycles. The molecule has 4 rings (SSSR count). The third-order valence-corrected chi connectivity index (χ3v) is 3.50. The van der Waals surface area contributed by atoms with Crippen molar-refractivity contribution in [1.29, 1.82) is 0 Å². The van der Waals surface area contributed by atoms with E-state index in [4.69, 9.17) is 4.74 Å². The van der Waals surface area contributed by atoms with Crippen LogP contribution in [0.3, 0.4) is 0 Å². The van der Waals surface area contributed by atoms with Crippen molar-refractivity contribution < 1.29 is 4.74 Å². The highest BCUT2D eigenvalue weighted by Crippen LogP contribution is 2.25. The minimum absolute atomic E-state index is 0.780. The summed E-state index contributed by atoms with van der Waals surface area (Å²) in [6.45, 7) is 0. The number of para-hydroxylation sites is 2. The molecule has 0 saturated carbocycles. The zero-order chi connectivity index (χ0) is 14.2. The standard InChI is InChI=1S/C16H12N4O/c1-21-11-6-7-12-14(8-11)17-9-18-16(12)20-10-19-13-4-2-3-5-15(13)20/h2-10H,1H3. The lowest BCUT2D eigenvalue weighted by molar-refractivity contribution is 0.415. The number of rotatable bonds is 2. The molecule has 2 aromatic heterocycles. The SMILES string of the molecule is COc1ccc2c(-n3cnc4ccccc43)ncnc2c1. The smallest absolute Gasteiger partial charge is 0.149 e. The Balaban J connectivity index is 2.02. The zero-order valence-corrected chi connectivity index (χ0v) is 11.4. The Morgan fingerprint density at radius 1 is 0.952 bits per heavy atom. The Labute approximate surface area is 120 Å². The van der Waals surface area contributed by atoms with Crippen LogP contribution in [0.4, 0.5) is 0 Å². The van der Waals surface area contributed by atoms with Crippen LogP contribution in [0, 0.1) is 0 Å². The maximum absolute atomic E-state index is 5.24. The highest BCUT2D eigenvalue weighted by molar-refractivity contribution is 5.88. The van der Waals surface area contributed by atoms with E-state index in [2.05, 4.69) is 15.0 Å². The fraction of sp³-hybridized carbons (Fsp3) is 0.0625. The van der Waals surface area contributed by atoms with Gasteiger partial charge in [0.15, 0.2) is 0 Å². The van der Waals surface area contributed by atoms with Gasteiger partial charge in [-0.3, -0.25) is 4.57 Å². The van der Waals surface area contributed by atoms with Crippen molar-refractivity contribution >= 4 is 21.9 Å². The van der Waals surface area contributed by atoms with E-state index in [1.54, 1.807) is 19.8 Å². The molecule has 4 aromatic rings. The predicted molar refractivity (Wildman–Crippen MR) is 80.7 cm³/mol. The van der Waals surface area contributed by atoms with Gasteiger partial charge in [0, 0.05) is 11.5 Å². The van der Waals surface area contributed by atoms with Gasteiger partial charge in [-0.2, -0.15) is 0 Å². The zero-order valence-electron chi connectivity index (χ0n) is 11.4. The molecule has 0 amide bonds. The lowest BCUT2D eigenvalue weighted by Crippen LogP contribution is -1.98. The van der Waals surface area contributed by atoms with Crippen LogP contribution in [0.25, 0.3) is 27.8 Å². The van der Waals surface area contributed by atoms with E-state index in [1.165, 1.54) is 0 Å². The van der Waals surface area contributed by atoms with Gasteiger partial charge in [-0.15, -0.1) is 0 Å². The van der Waals surface area contributed by atoms with E-state index >= 15 is 0 Å². The molecule has 0 atom stereocenters. The average molecular weight is 276 g/mol.